The van der Waals surface area contributed by atoms with Crippen molar-refractivity contribution in [3.63, 3.8) is 0 Å². The van der Waals surface area contributed by atoms with E-state index < -0.39 is 5.97 Å². The highest BCUT2D eigenvalue weighted by Gasteiger charge is 2.14. The lowest BCUT2D eigenvalue weighted by Crippen LogP contribution is -2.02. The molecule has 0 bridgehead atoms. The van der Waals surface area contributed by atoms with Crippen LogP contribution in [0.15, 0.2) is 42.5 Å². The van der Waals surface area contributed by atoms with Gasteiger partial charge in [-0.3, -0.25) is 0 Å². The molecule has 21 heavy (non-hydrogen) atoms. The van der Waals surface area contributed by atoms with Gasteiger partial charge >= 0.3 is 5.97 Å². The van der Waals surface area contributed by atoms with Crippen LogP contribution < -0.4 is 0 Å². The Morgan fingerprint density at radius 2 is 1.90 bits per heavy atom. The van der Waals surface area contributed by atoms with Crippen molar-refractivity contribution in [2.24, 2.45) is 5.92 Å². The number of carbonyl (C=O) groups is 1. The maximum Gasteiger partial charge on any atom is 0.336 e. The quantitative estimate of drug-likeness (QED) is 0.858. The van der Waals surface area contributed by atoms with Gasteiger partial charge < -0.3 is 5.11 Å². The van der Waals surface area contributed by atoms with Gasteiger partial charge in [-0.25, -0.2) is 9.18 Å². The zero-order chi connectivity index (χ0) is 15.4. The second kappa shape index (κ2) is 6.53. The molecule has 0 fully saturated rings. The van der Waals surface area contributed by atoms with Crippen molar-refractivity contribution in [3.8, 4) is 11.1 Å². The Balaban J connectivity index is 2.40. The van der Waals surface area contributed by atoms with E-state index in [0.29, 0.717) is 17.0 Å². The van der Waals surface area contributed by atoms with E-state index >= 15 is 0 Å². The van der Waals surface area contributed by atoms with Crippen molar-refractivity contribution < 1.29 is 14.3 Å². The van der Waals surface area contributed by atoms with Gasteiger partial charge in [0.25, 0.3) is 0 Å². The maximum absolute atomic E-state index is 14.3. The van der Waals surface area contributed by atoms with Crippen molar-refractivity contribution in [3.05, 3.63) is 59.4 Å². The van der Waals surface area contributed by atoms with E-state index in [4.69, 9.17) is 0 Å². The molecule has 0 aliphatic carbocycles. The fraction of sp³-hybridized carbons (Fsp3) is 0.278. The van der Waals surface area contributed by atoms with E-state index in [-0.39, 0.29) is 11.4 Å². The van der Waals surface area contributed by atoms with Gasteiger partial charge in [0.15, 0.2) is 0 Å². The molecular formula is C18H19FO2. The molecule has 2 aromatic rings. The molecule has 0 aliphatic heterocycles. The first-order valence-corrected chi connectivity index (χ1v) is 7.14. The smallest absolute Gasteiger partial charge is 0.336 e. The molecule has 0 saturated carbocycles. The van der Waals surface area contributed by atoms with Crippen LogP contribution in [-0.2, 0) is 6.42 Å². The SMILES string of the molecule is CCC(C)Cc1ccc(-c2ccccc2C(=O)O)c(F)c1. The van der Waals surface area contributed by atoms with Crippen LogP contribution in [0.4, 0.5) is 4.39 Å². The molecule has 0 amide bonds. The number of aromatic carboxylic acids is 1. The lowest BCUT2D eigenvalue weighted by molar-refractivity contribution is 0.0697. The first-order valence-electron chi connectivity index (χ1n) is 7.14. The molecule has 2 aromatic carbocycles. The molecule has 0 aliphatic rings. The Morgan fingerprint density at radius 3 is 2.52 bits per heavy atom. The van der Waals surface area contributed by atoms with Crippen LogP contribution in [0.5, 0.6) is 0 Å². The normalized spacial score (nSPS) is 12.1. The van der Waals surface area contributed by atoms with E-state index in [9.17, 15) is 14.3 Å². The molecule has 1 N–H and O–H groups in total. The summed E-state index contributed by atoms with van der Waals surface area (Å²) in [6, 6.07) is 11.6. The zero-order valence-corrected chi connectivity index (χ0v) is 12.3. The average Bonchev–Trinajstić information content (AvgIpc) is 2.47. The van der Waals surface area contributed by atoms with Gasteiger partial charge in [0.1, 0.15) is 5.82 Å². The lowest BCUT2D eigenvalue weighted by atomic mass is 9.94. The molecule has 0 heterocycles. The standard InChI is InChI=1S/C18H19FO2/c1-3-12(2)10-13-8-9-15(17(19)11-13)14-6-4-5-7-16(14)18(20)21/h4-9,11-12H,3,10H2,1-2H3,(H,20,21). The van der Waals surface area contributed by atoms with Crippen LogP contribution in [0.1, 0.15) is 36.2 Å². The topological polar surface area (TPSA) is 37.3 Å². The predicted octanol–water partition coefficient (Wildman–Crippen LogP) is 4.78. The van der Waals surface area contributed by atoms with E-state index in [2.05, 4.69) is 13.8 Å². The van der Waals surface area contributed by atoms with E-state index in [1.165, 1.54) is 12.1 Å². The summed E-state index contributed by atoms with van der Waals surface area (Å²) in [6.45, 7) is 4.24. The van der Waals surface area contributed by atoms with E-state index in [1.807, 2.05) is 6.07 Å². The summed E-state index contributed by atoms with van der Waals surface area (Å²) < 4.78 is 14.3. The second-order valence-corrected chi connectivity index (χ2v) is 5.38. The van der Waals surface area contributed by atoms with Crippen molar-refractivity contribution in [1.29, 1.82) is 0 Å². The van der Waals surface area contributed by atoms with Gasteiger partial charge in [0.2, 0.25) is 0 Å². The number of carboxylic acid groups (broad SMARTS) is 1. The highest BCUT2D eigenvalue weighted by atomic mass is 19.1. The van der Waals surface area contributed by atoms with Crippen LogP contribution in [0.2, 0.25) is 0 Å². The molecule has 1 unspecified atom stereocenters. The van der Waals surface area contributed by atoms with Gasteiger partial charge in [-0.1, -0.05) is 50.6 Å². The van der Waals surface area contributed by atoms with E-state index in [1.54, 1.807) is 24.3 Å². The van der Waals surface area contributed by atoms with Crippen LogP contribution >= 0.6 is 0 Å². The molecule has 3 heteroatoms. The zero-order valence-electron chi connectivity index (χ0n) is 12.3. The number of halogens is 1. The monoisotopic (exact) mass is 286 g/mol. The van der Waals surface area contributed by atoms with E-state index in [0.717, 1.165) is 18.4 Å². The number of carboxylic acids is 1. The third-order valence-electron chi connectivity index (χ3n) is 3.76. The minimum Gasteiger partial charge on any atom is -0.478 e. The summed E-state index contributed by atoms with van der Waals surface area (Å²) in [5, 5.41) is 9.20. The highest BCUT2D eigenvalue weighted by molar-refractivity contribution is 5.96. The summed E-state index contributed by atoms with van der Waals surface area (Å²) in [5.41, 5.74) is 1.81. The molecule has 0 aromatic heterocycles. The summed E-state index contributed by atoms with van der Waals surface area (Å²) in [6.07, 6.45) is 1.87. The largest absolute Gasteiger partial charge is 0.478 e. The van der Waals surface area contributed by atoms with Crippen molar-refractivity contribution in [2.45, 2.75) is 26.7 Å². The molecule has 2 nitrogen and oxygen atoms in total. The van der Waals surface area contributed by atoms with Crippen molar-refractivity contribution in [2.75, 3.05) is 0 Å². The third-order valence-corrected chi connectivity index (χ3v) is 3.76. The van der Waals surface area contributed by atoms with Gasteiger partial charge in [-0.05, 0) is 35.6 Å². The number of rotatable bonds is 5. The second-order valence-electron chi connectivity index (χ2n) is 5.38. The first-order chi connectivity index (χ1) is 10.0. The molecule has 110 valence electrons. The third kappa shape index (κ3) is 3.48. The van der Waals surface area contributed by atoms with Crippen LogP contribution in [-0.4, -0.2) is 11.1 Å². The molecule has 2 rings (SSSR count). The minimum atomic E-state index is -1.05. The fourth-order valence-corrected chi connectivity index (χ4v) is 2.36. The predicted molar refractivity (Wildman–Crippen MR) is 82.0 cm³/mol. The van der Waals surface area contributed by atoms with Crippen LogP contribution in [0.25, 0.3) is 11.1 Å². The Kier molecular flexibility index (Phi) is 4.73. The van der Waals surface area contributed by atoms with Gasteiger partial charge in [0, 0.05) is 5.56 Å². The maximum atomic E-state index is 14.3. The Morgan fingerprint density at radius 1 is 1.19 bits per heavy atom. The number of hydrogen-bond donors (Lipinski definition) is 1. The Hall–Kier alpha value is -2.16. The number of benzene rings is 2. The average molecular weight is 286 g/mol. The molecule has 0 radical (unpaired) electrons. The van der Waals surface area contributed by atoms with Gasteiger partial charge in [0.05, 0.1) is 5.56 Å². The molecule has 1 atom stereocenters. The molecule has 0 spiro atoms. The van der Waals surface area contributed by atoms with Gasteiger partial charge in [-0.15, -0.1) is 0 Å². The summed E-state index contributed by atoms with van der Waals surface area (Å²) >= 11 is 0. The summed E-state index contributed by atoms with van der Waals surface area (Å²) in [5.74, 6) is -0.917. The Labute approximate surface area is 124 Å². The minimum absolute atomic E-state index is 0.117. The van der Waals surface area contributed by atoms with Crippen LogP contribution in [0.3, 0.4) is 0 Å². The van der Waals surface area contributed by atoms with Crippen molar-refractivity contribution >= 4 is 5.97 Å². The van der Waals surface area contributed by atoms with Crippen molar-refractivity contribution in [1.82, 2.24) is 0 Å². The summed E-state index contributed by atoms with van der Waals surface area (Å²) in [7, 11) is 0. The lowest BCUT2D eigenvalue weighted by Gasteiger charge is -2.11. The molecular weight excluding hydrogens is 267 g/mol. The highest BCUT2D eigenvalue weighted by Crippen LogP contribution is 2.28. The van der Waals surface area contributed by atoms with Crippen LogP contribution in [0, 0.1) is 11.7 Å². The molecule has 0 saturated heterocycles. The van der Waals surface area contributed by atoms with Gasteiger partial charge in [-0.2, -0.15) is 0 Å². The first kappa shape index (κ1) is 15.2. The fourth-order valence-electron chi connectivity index (χ4n) is 2.36. The Bertz CT molecular complexity index is 649. The summed E-state index contributed by atoms with van der Waals surface area (Å²) in [4.78, 5) is 11.2. The number of hydrogen-bond acceptors (Lipinski definition) is 1.